The highest BCUT2D eigenvalue weighted by Gasteiger charge is 2.40. The van der Waals surface area contributed by atoms with Gasteiger partial charge in [0.2, 0.25) is 0 Å². The summed E-state index contributed by atoms with van der Waals surface area (Å²) in [6, 6.07) is 0.119. The second-order valence-electron chi connectivity index (χ2n) is 7.46. The third-order valence-corrected chi connectivity index (χ3v) is 7.04. The van der Waals surface area contributed by atoms with Crippen LogP contribution < -0.4 is 5.73 Å². The second kappa shape index (κ2) is 5.62. The number of rotatable bonds is 3. The van der Waals surface area contributed by atoms with E-state index in [-0.39, 0.29) is 16.0 Å². The first kappa shape index (κ1) is 16.2. The first-order valence-electron chi connectivity index (χ1n) is 7.26. The molecule has 108 valence electrons. The van der Waals surface area contributed by atoms with Gasteiger partial charge in [-0.2, -0.15) is 0 Å². The third-order valence-electron chi connectivity index (χ3n) is 4.74. The highest BCUT2D eigenvalue weighted by Crippen LogP contribution is 2.42. The van der Waals surface area contributed by atoms with Crippen LogP contribution in [0.4, 0.5) is 0 Å². The molecular formula is C15H31NOS. The Morgan fingerprint density at radius 3 is 2.17 bits per heavy atom. The predicted molar refractivity (Wildman–Crippen MR) is 81.1 cm³/mol. The van der Waals surface area contributed by atoms with E-state index in [9.17, 15) is 4.21 Å². The summed E-state index contributed by atoms with van der Waals surface area (Å²) in [4.78, 5) is 0. The quantitative estimate of drug-likeness (QED) is 0.855. The number of hydrogen-bond donors (Lipinski definition) is 1. The molecule has 0 aromatic rings. The second-order valence-corrected chi connectivity index (χ2v) is 9.89. The Balaban J connectivity index is 2.83. The summed E-state index contributed by atoms with van der Waals surface area (Å²) < 4.78 is 12.5. The largest absolute Gasteiger partial charge is 0.327 e. The van der Waals surface area contributed by atoms with E-state index >= 15 is 0 Å². The number of nitrogens with two attached hydrogens (primary N) is 1. The maximum atomic E-state index is 12.6. The van der Waals surface area contributed by atoms with E-state index in [4.69, 9.17) is 5.73 Å². The molecule has 2 nitrogen and oxygen atoms in total. The van der Waals surface area contributed by atoms with Gasteiger partial charge in [0.1, 0.15) is 0 Å². The predicted octanol–water partition coefficient (Wildman–Crippen LogP) is 3.47. The molecule has 0 bridgehead atoms. The van der Waals surface area contributed by atoms with Crippen molar-refractivity contribution in [1.82, 2.24) is 0 Å². The minimum absolute atomic E-state index is 0.119. The van der Waals surface area contributed by atoms with E-state index in [1.54, 1.807) is 0 Å². The molecule has 1 aliphatic carbocycles. The Labute approximate surface area is 116 Å². The van der Waals surface area contributed by atoms with Gasteiger partial charge in [-0.1, -0.05) is 27.2 Å². The molecule has 0 saturated heterocycles. The SMILES string of the molecule is CCC(C)(C)C1CCC(N)C(S(=O)C(C)(C)C)C1. The van der Waals surface area contributed by atoms with Crippen LogP contribution in [0, 0.1) is 11.3 Å². The fourth-order valence-electron chi connectivity index (χ4n) is 2.85. The van der Waals surface area contributed by atoms with Gasteiger partial charge in [-0.3, -0.25) is 4.21 Å². The van der Waals surface area contributed by atoms with Gasteiger partial charge in [-0.05, 0) is 51.4 Å². The van der Waals surface area contributed by atoms with Gasteiger partial charge < -0.3 is 5.73 Å². The maximum absolute atomic E-state index is 12.6. The van der Waals surface area contributed by atoms with Gasteiger partial charge in [-0.15, -0.1) is 0 Å². The molecule has 0 aliphatic heterocycles. The average Bonchev–Trinajstić information content (AvgIpc) is 2.27. The van der Waals surface area contributed by atoms with Gasteiger partial charge in [0.05, 0.1) is 5.25 Å². The monoisotopic (exact) mass is 273 g/mol. The molecule has 18 heavy (non-hydrogen) atoms. The highest BCUT2D eigenvalue weighted by molar-refractivity contribution is 7.87. The summed E-state index contributed by atoms with van der Waals surface area (Å²) in [6.45, 7) is 13.1. The minimum Gasteiger partial charge on any atom is -0.327 e. The van der Waals surface area contributed by atoms with Crippen molar-refractivity contribution in [3.63, 3.8) is 0 Å². The van der Waals surface area contributed by atoms with Crippen LogP contribution in [0.25, 0.3) is 0 Å². The van der Waals surface area contributed by atoms with Gasteiger partial charge >= 0.3 is 0 Å². The molecule has 0 spiro atoms. The van der Waals surface area contributed by atoms with Crippen molar-refractivity contribution in [1.29, 1.82) is 0 Å². The average molecular weight is 273 g/mol. The lowest BCUT2D eigenvalue weighted by atomic mass is 9.69. The van der Waals surface area contributed by atoms with Crippen LogP contribution in [-0.4, -0.2) is 20.2 Å². The molecule has 1 saturated carbocycles. The van der Waals surface area contributed by atoms with Gasteiger partial charge in [-0.25, -0.2) is 0 Å². The molecule has 0 radical (unpaired) electrons. The van der Waals surface area contributed by atoms with E-state index < -0.39 is 10.8 Å². The Morgan fingerprint density at radius 2 is 1.72 bits per heavy atom. The van der Waals surface area contributed by atoms with E-state index in [0.717, 1.165) is 12.8 Å². The van der Waals surface area contributed by atoms with Crippen LogP contribution >= 0.6 is 0 Å². The molecule has 1 aliphatic rings. The summed E-state index contributed by atoms with van der Waals surface area (Å²) in [5.74, 6) is 0.665. The maximum Gasteiger partial charge on any atom is 0.0507 e. The van der Waals surface area contributed by atoms with E-state index in [1.807, 2.05) is 0 Å². The molecule has 0 aromatic carbocycles. The zero-order valence-electron chi connectivity index (χ0n) is 13.0. The lowest BCUT2D eigenvalue weighted by Crippen LogP contribution is -2.49. The number of hydrogen-bond acceptors (Lipinski definition) is 2. The standard InChI is InChI=1S/C15H31NOS/c1-7-15(5,6)11-8-9-12(16)13(10-11)18(17)14(2,3)4/h11-13H,7-10,16H2,1-6H3. The molecule has 3 heteroatoms. The van der Waals surface area contributed by atoms with E-state index in [1.165, 1.54) is 12.8 Å². The molecule has 0 heterocycles. The van der Waals surface area contributed by atoms with E-state index in [0.29, 0.717) is 11.3 Å². The minimum atomic E-state index is -0.836. The summed E-state index contributed by atoms with van der Waals surface area (Å²) in [5, 5.41) is 0.176. The van der Waals surface area contributed by atoms with Crippen LogP contribution in [0.1, 0.15) is 67.2 Å². The molecule has 0 aromatic heterocycles. The van der Waals surface area contributed by atoms with Crippen LogP contribution in [0.15, 0.2) is 0 Å². The van der Waals surface area contributed by atoms with Gasteiger partial charge in [0.15, 0.2) is 0 Å². The van der Waals surface area contributed by atoms with Crippen molar-refractivity contribution in [2.75, 3.05) is 0 Å². The molecule has 1 fully saturated rings. The summed E-state index contributed by atoms with van der Waals surface area (Å²) in [7, 11) is -0.836. The van der Waals surface area contributed by atoms with Gasteiger partial charge in [0, 0.05) is 21.6 Å². The van der Waals surface area contributed by atoms with Crippen LogP contribution in [0.2, 0.25) is 0 Å². The normalized spacial score (nSPS) is 32.3. The fraction of sp³-hybridized carbons (Fsp3) is 1.00. The molecular weight excluding hydrogens is 242 g/mol. The first-order chi connectivity index (χ1) is 8.09. The third kappa shape index (κ3) is 3.57. The Morgan fingerprint density at radius 1 is 1.17 bits per heavy atom. The molecule has 4 atom stereocenters. The van der Waals surface area contributed by atoms with Crippen LogP contribution in [-0.2, 0) is 10.8 Å². The van der Waals surface area contributed by atoms with Crippen molar-refractivity contribution in [3.8, 4) is 0 Å². The zero-order chi connectivity index (χ0) is 14.1. The summed E-state index contributed by atoms with van der Waals surface area (Å²) >= 11 is 0. The zero-order valence-corrected chi connectivity index (χ0v) is 13.8. The van der Waals surface area contributed by atoms with Crippen molar-refractivity contribution in [3.05, 3.63) is 0 Å². The summed E-state index contributed by atoms with van der Waals surface area (Å²) in [6.07, 6.45) is 4.44. The molecule has 4 unspecified atom stereocenters. The Kier molecular flexibility index (Phi) is 5.05. The van der Waals surface area contributed by atoms with Crippen molar-refractivity contribution in [2.45, 2.75) is 83.3 Å². The lowest BCUT2D eigenvalue weighted by molar-refractivity contribution is 0.147. The fourth-order valence-corrected chi connectivity index (χ4v) is 4.62. The van der Waals surface area contributed by atoms with Crippen molar-refractivity contribution < 1.29 is 4.21 Å². The van der Waals surface area contributed by atoms with Crippen molar-refractivity contribution >= 4 is 10.8 Å². The molecule has 0 amide bonds. The first-order valence-corrected chi connectivity index (χ1v) is 8.47. The molecule has 2 N–H and O–H groups in total. The lowest BCUT2D eigenvalue weighted by Gasteiger charge is -2.43. The topological polar surface area (TPSA) is 43.1 Å². The Bertz CT molecular complexity index is 306. The smallest absolute Gasteiger partial charge is 0.0507 e. The van der Waals surface area contributed by atoms with Crippen LogP contribution in [0.5, 0.6) is 0 Å². The van der Waals surface area contributed by atoms with Crippen LogP contribution in [0.3, 0.4) is 0 Å². The van der Waals surface area contributed by atoms with E-state index in [2.05, 4.69) is 41.5 Å². The Hall–Kier alpha value is 0.110. The molecule has 1 rings (SSSR count). The van der Waals surface area contributed by atoms with Gasteiger partial charge in [0.25, 0.3) is 0 Å². The summed E-state index contributed by atoms with van der Waals surface area (Å²) in [5.41, 5.74) is 6.58. The van der Waals surface area contributed by atoms with Crippen molar-refractivity contribution in [2.24, 2.45) is 17.1 Å². The highest BCUT2D eigenvalue weighted by atomic mass is 32.2.